The minimum absolute atomic E-state index is 0.238. The Morgan fingerprint density at radius 1 is 1.75 bits per heavy atom. The van der Waals surface area contributed by atoms with Gasteiger partial charge in [0.1, 0.15) is 0 Å². The van der Waals surface area contributed by atoms with E-state index < -0.39 is 0 Å². The number of rotatable bonds is 1. The topological polar surface area (TPSA) is 50.7 Å². The molecule has 0 heterocycles. The summed E-state index contributed by atoms with van der Waals surface area (Å²) < 4.78 is 0. The number of nitrogens with two attached hydrogens (primary N) is 1. The molecule has 44 valence electrons. The molecule has 0 bridgehead atoms. The zero-order valence-electron chi connectivity index (χ0n) is 4.83. The first-order valence-corrected chi connectivity index (χ1v) is 2.24. The Balaban J connectivity index is 3.79. The van der Waals surface area contributed by atoms with Gasteiger partial charge in [-0.25, -0.2) is 9.98 Å². The highest BCUT2D eigenvalue weighted by atomic mass is 15.0. The third kappa shape index (κ3) is 3.08. The highest BCUT2D eigenvalue weighted by Crippen LogP contribution is 1.70. The Bertz CT molecular complexity index is 124. The Morgan fingerprint density at radius 2 is 2.38 bits per heavy atom. The second kappa shape index (κ2) is 4.05. The fourth-order valence-electron chi connectivity index (χ4n) is 0.259. The van der Waals surface area contributed by atoms with Crippen LogP contribution >= 0.6 is 0 Å². The molecule has 2 N–H and O–H groups in total. The molecule has 0 amide bonds. The fourth-order valence-corrected chi connectivity index (χ4v) is 0.259. The standard InChI is InChI=1S/C5H9N3/c1-3-7-5(6)8-4-2/h3-4H,1H2,2H3,(H2,6,7). The van der Waals surface area contributed by atoms with Gasteiger partial charge in [0.15, 0.2) is 0 Å². The molecule has 0 saturated heterocycles. The fraction of sp³-hybridized carbons (Fsp3) is 0.200. The van der Waals surface area contributed by atoms with Crippen LogP contribution in [0.25, 0.3) is 0 Å². The molecule has 3 nitrogen and oxygen atoms in total. The molecule has 0 aromatic rings. The van der Waals surface area contributed by atoms with Crippen LogP contribution < -0.4 is 5.73 Å². The first kappa shape index (κ1) is 6.88. The van der Waals surface area contributed by atoms with Crippen LogP contribution in [0.5, 0.6) is 0 Å². The summed E-state index contributed by atoms with van der Waals surface area (Å²) in [4.78, 5) is 7.22. The summed E-state index contributed by atoms with van der Waals surface area (Å²) in [5, 5.41) is 0. The predicted molar refractivity (Wildman–Crippen MR) is 36.0 cm³/mol. The van der Waals surface area contributed by atoms with E-state index in [1.54, 1.807) is 13.1 Å². The van der Waals surface area contributed by atoms with Gasteiger partial charge in [-0.3, -0.25) is 0 Å². The van der Waals surface area contributed by atoms with Crippen molar-refractivity contribution in [1.29, 1.82) is 0 Å². The minimum atomic E-state index is 0.238. The van der Waals surface area contributed by atoms with Gasteiger partial charge in [0.05, 0.1) is 0 Å². The largest absolute Gasteiger partial charge is 0.368 e. The summed E-state index contributed by atoms with van der Waals surface area (Å²) in [6.07, 6.45) is 2.92. The van der Waals surface area contributed by atoms with E-state index in [1.165, 1.54) is 6.20 Å². The highest BCUT2D eigenvalue weighted by Gasteiger charge is 1.74. The van der Waals surface area contributed by atoms with E-state index >= 15 is 0 Å². The molecule has 0 unspecified atom stereocenters. The maximum atomic E-state index is 5.18. The van der Waals surface area contributed by atoms with Gasteiger partial charge in [0.2, 0.25) is 5.96 Å². The van der Waals surface area contributed by atoms with Gasteiger partial charge in [0.25, 0.3) is 0 Å². The Hall–Kier alpha value is -1.12. The van der Waals surface area contributed by atoms with Gasteiger partial charge in [-0.2, -0.15) is 0 Å². The van der Waals surface area contributed by atoms with Crippen LogP contribution in [-0.4, -0.2) is 12.2 Å². The van der Waals surface area contributed by atoms with Crippen molar-refractivity contribution in [2.75, 3.05) is 0 Å². The van der Waals surface area contributed by atoms with E-state index in [2.05, 4.69) is 16.6 Å². The number of hydrogen-bond donors (Lipinski definition) is 1. The first-order chi connectivity index (χ1) is 3.81. The van der Waals surface area contributed by atoms with Gasteiger partial charge < -0.3 is 5.73 Å². The minimum Gasteiger partial charge on any atom is -0.368 e. The monoisotopic (exact) mass is 111 g/mol. The Kier molecular flexibility index (Phi) is 3.48. The number of aliphatic imine (C=N–C) groups is 2. The van der Waals surface area contributed by atoms with Crippen LogP contribution in [0, 0.1) is 0 Å². The smallest absolute Gasteiger partial charge is 0.219 e. The lowest BCUT2D eigenvalue weighted by atomic mass is 10.8. The molecule has 8 heavy (non-hydrogen) atoms. The van der Waals surface area contributed by atoms with Crippen molar-refractivity contribution in [1.82, 2.24) is 0 Å². The summed E-state index contributed by atoms with van der Waals surface area (Å²) in [6, 6.07) is 0. The van der Waals surface area contributed by atoms with Crippen molar-refractivity contribution >= 4 is 12.2 Å². The third-order valence-electron chi connectivity index (χ3n) is 0.485. The van der Waals surface area contributed by atoms with Gasteiger partial charge >= 0.3 is 0 Å². The average Bonchev–Trinajstić information content (AvgIpc) is 1.68. The maximum Gasteiger partial charge on any atom is 0.219 e. The Labute approximate surface area is 48.6 Å². The van der Waals surface area contributed by atoms with E-state index in [9.17, 15) is 0 Å². The lowest BCUT2D eigenvalue weighted by Gasteiger charge is -1.82. The van der Waals surface area contributed by atoms with Crippen LogP contribution in [0.2, 0.25) is 0 Å². The van der Waals surface area contributed by atoms with Crippen molar-refractivity contribution in [3.05, 3.63) is 12.8 Å². The summed E-state index contributed by atoms with van der Waals surface area (Å²) >= 11 is 0. The molecule has 0 rings (SSSR count). The van der Waals surface area contributed by atoms with Gasteiger partial charge in [-0.05, 0) is 6.92 Å². The van der Waals surface area contributed by atoms with Crippen molar-refractivity contribution in [2.24, 2.45) is 15.7 Å². The molecule has 0 aliphatic rings. The molecule has 0 fully saturated rings. The van der Waals surface area contributed by atoms with Gasteiger partial charge in [-0.1, -0.05) is 6.58 Å². The molecule has 0 aliphatic heterocycles. The van der Waals surface area contributed by atoms with E-state index in [4.69, 9.17) is 5.73 Å². The van der Waals surface area contributed by atoms with Crippen LogP contribution in [0.15, 0.2) is 22.8 Å². The third-order valence-corrected chi connectivity index (χ3v) is 0.485. The molecular formula is C5H9N3. The molecule has 3 heteroatoms. The van der Waals surface area contributed by atoms with Gasteiger partial charge in [0, 0.05) is 12.4 Å². The summed E-state index contributed by atoms with van der Waals surface area (Å²) in [7, 11) is 0. The molecule has 0 aromatic heterocycles. The molecule has 0 atom stereocenters. The second-order valence-electron chi connectivity index (χ2n) is 1.06. The second-order valence-corrected chi connectivity index (χ2v) is 1.06. The van der Waals surface area contributed by atoms with Crippen molar-refractivity contribution < 1.29 is 0 Å². The quantitative estimate of drug-likeness (QED) is 0.389. The first-order valence-electron chi connectivity index (χ1n) is 2.24. The molecular weight excluding hydrogens is 102 g/mol. The molecule has 0 spiro atoms. The summed E-state index contributed by atoms with van der Waals surface area (Å²) in [5.41, 5.74) is 5.18. The van der Waals surface area contributed by atoms with E-state index in [1.807, 2.05) is 0 Å². The average molecular weight is 111 g/mol. The molecule has 0 radical (unpaired) electrons. The SMILES string of the molecule is C=CN=C(N)N=CC. The molecule has 0 aliphatic carbocycles. The number of hydrogen-bond acceptors (Lipinski definition) is 1. The van der Waals surface area contributed by atoms with E-state index in [0.29, 0.717) is 0 Å². The highest BCUT2D eigenvalue weighted by molar-refractivity contribution is 5.86. The zero-order chi connectivity index (χ0) is 6.41. The summed E-state index contributed by atoms with van der Waals surface area (Å²) in [5.74, 6) is 0.238. The van der Waals surface area contributed by atoms with E-state index in [-0.39, 0.29) is 5.96 Å². The Morgan fingerprint density at radius 3 is 2.75 bits per heavy atom. The van der Waals surface area contributed by atoms with Crippen LogP contribution in [0.3, 0.4) is 0 Å². The lowest BCUT2D eigenvalue weighted by Crippen LogP contribution is -2.06. The molecule has 0 aromatic carbocycles. The van der Waals surface area contributed by atoms with E-state index in [0.717, 1.165) is 0 Å². The van der Waals surface area contributed by atoms with Crippen LogP contribution in [-0.2, 0) is 0 Å². The maximum absolute atomic E-state index is 5.18. The number of nitrogens with zero attached hydrogens (tertiary/aromatic N) is 2. The van der Waals surface area contributed by atoms with Gasteiger partial charge in [-0.15, -0.1) is 0 Å². The van der Waals surface area contributed by atoms with Crippen molar-refractivity contribution in [3.63, 3.8) is 0 Å². The molecule has 0 saturated carbocycles. The van der Waals surface area contributed by atoms with Crippen molar-refractivity contribution in [2.45, 2.75) is 6.92 Å². The lowest BCUT2D eigenvalue weighted by molar-refractivity contribution is 1.44. The van der Waals surface area contributed by atoms with Crippen LogP contribution in [0.4, 0.5) is 0 Å². The van der Waals surface area contributed by atoms with Crippen molar-refractivity contribution in [3.8, 4) is 0 Å². The van der Waals surface area contributed by atoms with Crippen LogP contribution in [0.1, 0.15) is 6.92 Å². The predicted octanol–water partition coefficient (Wildman–Crippen LogP) is 0.535. The number of guanidine groups is 1. The zero-order valence-corrected chi connectivity index (χ0v) is 4.83. The summed E-state index contributed by atoms with van der Waals surface area (Å²) in [6.45, 7) is 5.11. The normalized spacial score (nSPS) is 12.4.